The SMILES string of the molecule is CCOC(=O)c1c(NN)nn(C(=O)c2ccccc2)c1N. The van der Waals surface area contributed by atoms with E-state index < -0.39 is 11.9 Å². The van der Waals surface area contributed by atoms with Crippen molar-refractivity contribution in [3.05, 3.63) is 41.5 Å². The maximum absolute atomic E-state index is 12.3. The van der Waals surface area contributed by atoms with Crippen LogP contribution in [0.1, 0.15) is 27.6 Å². The van der Waals surface area contributed by atoms with E-state index in [2.05, 4.69) is 10.5 Å². The molecule has 1 heterocycles. The first kappa shape index (κ1) is 14.5. The topological polar surface area (TPSA) is 125 Å². The second-order valence-corrected chi connectivity index (χ2v) is 4.06. The minimum atomic E-state index is -0.699. The predicted molar refractivity (Wildman–Crippen MR) is 76.6 cm³/mol. The Morgan fingerprint density at radius 2 is 2.00 bits per heavy atom. The molecule has 1 aromatic carbocycles. The fourth-order valence-electron chi connectivity index (χ4n) is 1.79. The van der Waals surface area contributed by atoms with Crippen LogP contribution in [0.2, 0.25) is 0 Å². The monoisotopic (exact) mass is 289 g/mol. The zero-order valence-corrected chi connectivity index (χ0v) is 11.4. The van der Waals surface area contributed by atoms with Gasteiger partial charge in [-0.2, -0.15) is 4.68 Å². The Kier molecular flexibility index (Phi) is 4.19. The summed E-state index contributed by atoms with van der Waals surface area (Å²) in [5.41, 5.74) is 8.38. The molecule has 0 unspecified atom stereocenters. The summed E-state index contributed by atoms with van der Waals surface area (Å²) in [7, 11) is 0. The van der Waals surface area contributed by atoms with Gasteiger partial charge in [0.1, 0.15) is 11.4 Å². The van der Waals surface area contributed by atoms with Gasteiger partial charge in [0.05, 0.1) is 6.61 Å². The molecule has 2 aromatic rings. The van der Waals surface area contributed by atoms with E-state index in [1.165, 1.54) is 0 Å². The first-order chi connectivity index (χ1) is 10.1. The van der Waals surface area contributed by atoms with Gasteiger partial charge >= 0.3 is 5.97 Å². The van der Waals surface area contributed by atoms with Crippen molar-refractivity contribution in [3.8, 4) is 0 Å². The Morgan fingerprint density at radius 1 is 1.33 bits per heavy atom. The van der Waals surface area contributed by atoms with Crippen LogP contribution in [-0.4, -0.2) is 28.3 Å². The highest BCUT2D eigenvalue weighted by molar-refractivity contribution is 6.04. The molecule has 0 saturated carbocycles. The second-order valence-electron chi connectivity index (χ2n) is 4.06. The van der Waals surface area contributed by atoms with Gasteiger partial charge in [-0.25, -0.2) is 10.6 Å². The molecule has 0 aliphatic rings. The van der Waals surface area contributed by atoms with E-state index in [4.69, 9.17) is 16.3 Å². The summed E-state index contributed by atoms with van der Waals surface area (Å²) in [5.74, 6) is 3.99. The van der Waals surface area contributed by atoms with E-state index in [1.54, 1.807) is 37.3 Å². The number of hydrogen-bond donors (Lipinski definition) is 3. The number of ether oxygens (including phenoxy) is 1. The lowest BCUT2D eigenvalue weighted by Crippen LogP contribution is -2.17. The van der Waals surface area contributed by atoms with Crippen molar-refractivity contribution >= 4 is 23.5 Å². The van der Waals surface area contributed by atoms with Gasteiger partial charge in [-0.15, -0.1) is 5.10 Å². The molecular weight excluding hydrogens is 274 g/mol. The maximum atomic E-state index is 12.3. The molecule has 0 saturated heterocycles. The average molecular weight is 289 g/mol. The molecule has 8 nitrogen and oxygen atoms in total. The zero-order valence-electron chi connectivity index (χ0n) is 11.4. The van der Waals surface area contributed by atoms with Crippen LogP contribution < -0.4 is 17.0 Å². The van der Waals surface area contributed by atoms with Crippen LogP contribution in [0.5, 0.6) is 0 Å². The summed E-state index contributed by atoms with van der Waals surface area (Å²) in [5, 5.41) is 3.91. The number of nitrogens with two attached hydrogens (primary N) is 2. The van der Waals surface area contributed by atoms with Gasteiger partial charge in [0.15, 0.2) is 5.82 Å². The van der Waals surface area contributed by atoms with E-state index in [0.717, 1.165) is 4.68 Å². The largest absolute Gasteiger partial charge is 0.462 e. The third-order valence-electron chi connectivity index (χ3n) is 2.75. The molecule has 0 bridgehead atoms. The number of carbonyl (C=O) groups excluding carboxylic acids is 2. The molecule has 0 atom stereocenters. The fraction of sp³-hybridized carbons (Fsp3) is 0.154. The lowest BCUT2D eigenvalue weighted by atomic mass is 10.2. The van der Waals surface area contributed by atoms with Crippen molar-refractivity contribution < 1.29 is 14.3 Å². The van der Waals surface area contributed by atoms with Gasteiger partial charge in [-0.05, 0) is 19.1 Å². The van der Waals surface area contributed by atoms with Crippen LogP contribution >= 0.6 is 0 Å². The second kappa shape index (κ2) is 6.06. The van der Waals surface area contributed by atoms with Crippen LogP contribution in [0.25, 0.3) is 0 Å². The van der Waals surface area contributed by atoms with Gasteiger partial charge in [0.25, 0.3) is 5.91 Å². The number of nitrogens with one attached hydrogen (secondary N) is 1. The van der Waals surface area contributed by atoms with E-state index in [-0.39, 0.29) is 23.8 Å². The molecular formula is C13H15N5O3. The van der Waals surface area contributed by atoms with E-state index in [1.807, 2.05) is 0 Å². The van der Waals surface area contributed by atoms with E-state index in [0.29, 0.717) is 5.56 Å². The minimum absolute atomic E-state index is 0.0183. The Morgan fingerprint density at radius 3 is 2.57 bits per heavy atom. The molecule has 110 valence electrons. The fourth-order valence-corrected chi connectivity index (χ4v) is 1.79. The van der Waals surface area contributed by atoms with Crippen LogP contribution in [0, 0.1) is 0 Å². The Hall–Kier alpha value is -2.87. The number of aromatic nitrogens is 2. The average Bonchev–Trinajstić information content (AvgIpc) is 2.84. The quantitative estimate of drug-likeness (QED) is 0.428. The minimum Gasteiger partial charge on any atom is -0.462 e. The zero-order chi connectivity index (χ0) is 15.4. The Balaban J connectivity index is 2.47. The third-order valence-corrected chi connectivity index (χ3v) is 2.75. The Labute approximate surface area is 120 Å². The first-order valence-electron chi connectivity index (χ1n) is 6.22. The first-order valence-corrected chi connectivity index (χ1v) is 6.22. The van der Waals surface area contributed by atoms with Crippen LogP contribution in [0.15, 0.2) is 30.3 Å². The smallest absolute Gasteiger partial charge is 0.345 e. The Bertz CT molecular complexity index is 666. The summed E-state index contributed by atoms with van der Waals surface area (Å²) < 4.78 is 5.78. The molecule has 21 heavy (non-hydrogen) atoms. The molecule has 1 aromatic heterocycles. The summed E-state index contributed by atoms with van der Waals surface area (Å²) in [4.78, 5) is 24.2. The van der Waals surface area contributed by atoms with Gasteiger partial charge in [0.2, 0.25) is 0 Å². The predicted octanol–water partition coefficient (Wildman–Crippen LogP) is 0.616. The van der Waals surface area contributed by atoms with Crippen molar-refractivity contribution in [2.24, 2.45) is 5.84 Å². The molecule has 0 fully saturated rings. The standard InChI is InChI=1S/C13H15N5O3/c1-2-21-13(20)9-10(14)18(17-11(9)16-15)12(19)8-6-4-3-5-7-8/h3-7H,2,14-15H2,1H3,(H,16,17). The van der Waals surface area contributed by atoms with E-state index >= 15 is 0 Å². The molecule has 0 radical (unpaired) electrons. The summed E-state index contributed by atoms with van der Waals surface area (Å²) in [6, 6.07) is 8.43. The summed E-state index contributed by atoms with van der Waals surface area (Å²) >= 11 is 0. The highest BCUT2D eigenvalue weighted by Gasteiger charge is 2.26. The highest BCUT2D eigenvalue weighted by Crippen LogP contribution is 2.23. The van der Waals surface area contributed by atoms with Gasteiger partial charge < -0.3 is 15.9 Å². The number of nitrogen functional groups attached to an aromatic ring is 2. The lowest BCUT2D eigenvalue weighted by Gasteiger charge is -2.04. The van der Waals surface area contributed by atoms with Crippen LogP contribution in [-0.2, 0) is 4.74 Å². The maximum Gasteiger partial charge on any atom is 0.345 e. The number of benzene rings is 1. The van der Waals surface area contributed by atoms with Crippen molar-refractivity contribution in [3.63, 3.8) is 0 Å². The molecule has 2 rings (SSSR count). The molecule has 5 N–H and O–H groups in total. The number of rotatable bonds is 4. The molecule has 0 amide bonds. The van der Waals surface area contributed by atoms with Crippen molar-refractivity contribution in [1.29, 1.82) is 0 Å². The number of hydrazine groups is 1. The number of carbonyl (C=O) groups is 2. The normalized spacial score (nSPS) is 10.2. The lowest BCUT2D eigenvalue weighted by molar-refractivity contribution is 0.0528. The summed E-state index contributed by atoms with van der Waals surface area (Å²) in [6.07, 6.45) is 0. The molecule has 8 heteroatoms. The van der Waals surface area contributed by atoms with Crippen molar-refractivity contribution in [2.45, 2.75) is 6.92 Å². The van der Waals surface area contributed by atoms with Gasteiger partial charge in [0, 0.05) is 5.56 Å². The number of anilines is 2. The van der Waals surface area contributed by atoms with E-state index in [9.17, 15) is 9.59 Å². The van der Waals surface area contributed by atoms with Gasteiger partial charge in [-0.3, -0.25) is 4.79 Å². The molecule has 0 aliphatic heterocycles. The van der Waals surface area contributed by atoms with Gasteiger partial charge in [-0.1, -0.05) is 18.2 Å². The highest BCUT2D eigenvalue weighted by atomic mass is 16.5. The number of nitrogens with zero attached hydrogens (tertiary/aromatic N) is 2. The van der Waals surface area contributed by atoms with Crippen molar-refractivity contribution in [1.82, 2.24) is 9.78 Å². The summed E-state index contributed by atoms with van der Waals surface area (Å²) in [6.45, 7) is 1.82. The van der Waals surface area contributed by atoms with Crippen LogP contribution in [0.4, 0.5) is 11.6 Å². The number of esters is 1. The third kappa shape index (κ3) is 2.70. The van der Waals surface area contributed by atoms with Crippen LogP contribution in [0.3, 0.4) is 0 Å². The molecule has 0 aliphatic carbocycles. The van der Waals surface area contributed by atoms with Crippen molar-refractivity contribution in [2.75, 3.05) is 17.8 Å². The molecule has 0 spiro atoms. The number of hydrogen-bond acceptors (Lipinski definition) is 7.